The molecule has 0 bridgehead atoms. The number of benzene rings is 1. The molecule has 1 aromatic carbocycles. The predicted molar refractivity (Wildman–Crippen MR) is 99.8 cm³/mol. The lowest BCUT2D eigenvalue weighted by atomic mass is 9.90. The number of fused-ring (bicyclic) bond motifs is 1. The maximum atomic E-state index is 12.2. The van der Waals surface area contributed by atoms with Crippen LogP contribution in [0.25, 0.3) is 0 Å². The van der Waals surface area contributed by atoms with Gasteiger partial charge in [-0.05, 0) is 61.9 Å². The van der Waals surface area contributed by atoms with Crippen LogP contribution in [-0.4, -0.2) is 30.8 Å². The minimum absolute atomic E-state index is 0.230. The third-order valence-electron chi connectivity index (χ3n) is 4.39. The number of nitrogens with one attached hydrogen (secondary N) is 1. The third-order valence-corrected chi connectivity index (χ3v) is 5.39. The van der Waals surface area contributed by atoms with E-state index in [0.717, 1.165) is 24.1 Å². The summed E-state index contributed by atoms with van der Waals surface area (Å²) in [7, 11) is 0. The van der Waals surface area contributed by atoms with Crippen molar-refractivity contribution < 1.29 is 19.1 Å². The first kappa shape index (κ1) is 18.3. The Labute approximate surface area is 156 Å². The van der Waals surface area contributed by atoms with Gasteiger partial charge in [0.05, 0.1) is 4.88 Å². The van der Waals surface area contributed by atoms with Gasteiger partial charge >= 0.3 is 5.97 Å². The van der Waals surface area contributed by atoms with Gasteiger partial charge in [-0.25, -0.2) is 0 Å². The molecule has 0 spiro atoms. The predicted octanol–water partition coefficient (Wildman–Crippen LogP) is 3.09. The molecule has 1 amide bonds. The van der Waals surface area contributed by atoms with Gasteiger partial charge in [0.1, 0.15) is 6.54 Å². The van der Waals surface area contributed by atoms with Gasteiger partial charge in [-0.1, -0.05) is 12.1 Å². The summed E-state index contributed by atoms with van der Waals surface area (Å²) in [6.45, 7) is 1.33. The Bertz CT molecular complexity index is 840. The van der Waals surface area contributed by atoms with Crippen LogP contribution in [0.15, 0.2) is 30.3 Å². The lowest BCUT2D eigenvalue weighted by molar-refractivity contribution is -0.141. The highest BCUT2D eigenvalue weighted by Gasteiger charge is 2.15. The van der Waals surface area contributed by atoms with Gasteiger partial charge in [0.25, 0.3) is 5.91 Å². The zero-order valence-corrected chi connectivity index (χ0v) is 15.5. The van der Waals surface area contributed by atoms with Gasteiger partial charge in [-0.2, -0.15) is 0 Å². The molecule has 0 radical (unpaired) electrons. The summed E-state index contributed by atoms with van der Waals surface area (Å²) in [5, 5.41) is 2.50. The molecule has 2 aromatic rings. The highest BCUT2D eigenvalue weighted by atomic mass is 32.1. The van der Waals surface area contributed by atoms with E-state index in [4.69, 9.17) is 4.74 Å². The van der Waals surface area contributed by atoms with Crippen molar-refractivity contribution in [1.82, 2.24) is 5.32 Å². The summed E-state index contributed by atoms with van der Waals surface area (Å²) in [6.07, 6.45) is 4.38. The fraction of sp³-hybridized carbons (Fsp3) is 0.350. The molecule has 0 aliphatic heterocycles. The maximum Gasteiger partial charge on any atom is 0.325 e. The first-order valence-corrected chi connectivity index (χ1v) is 9.50. The van der Waals surface area contributed by atoms with Crippen LogP contribution < -0.4 is 5.32 Å². The summed E-state index contributed by atoms with van der Waals surface area (Å²) >= 11 is 1.36. The molecule has 1 aromatic heterocycles. The van der Waals surface area contributed by atoms with E-state index in [0.29, 0.717) is 10.4 Å². The Morgan fingerprint density at radius 2 is 1.85 bits per heavy atom. The van der Waals surface area contributed by atoms with Crippen LogP contribution in [0, 0.1) is 6.92 Å². The van der Waals surface area contributed by atoms with Crippen LogP contribution in [0.4, 0.5) is 0 Å². The summed E-state index contributed by atoms with van der Waals surface area (Å²) in [5.41, 5.74) is 3.08. The van der Waals surface area contributed by atoms with Crippen LogP contribution >= 0.6 is 11.3 Å². The van der Waals surface area contributed by atoms with Crippen LogP contribution in [0.2, 0.25) is 0 Å². The molecule has 0 saturated heterocycles. The van der Waals surface area contributed by atoms with Crippen LogP contribution in [-0.2, 0) is 22.4 Å². The molecule has 3 rings (SSSR count). The second-order valence-corrected chi connectivity index (χ2v) is 7.66. The summed E-state index contributed by atoms with van der Waals surface area (Å²) < 4.78 is 4.99. The monoisotopic (exact) mass is 371 g/mol. The maximum absolute atomic E-state index is 12.2. The van der Waals surface area contributed by atoms with Crippen LogP contribution in [0.3, 0.4) is 0 Å². The average molecular weight is 371 g/mol. The number of esters is 1. The number of Topliss-reactive ketones (excluding diaryl/α,β-unsaturated/α-hetero) is 1. The fourth-order valence-corrected chi connectivity index (χ4v) is 3.77. The smallest absolute Gasteiger partial charge is 0.325 e. The van der Waals surface area contributed by atoms with Crippen molar-refractivity contribution in [2.75, 3.05) is 13.2 Å². The number of thiophene rings is 1. The van der Waals surface area contributed by atoms with Crippen molar-refractivity contribution in [3.05, 3.63) is 56.8 Å². The SMILES string of the molecule is Cc1ccc(C(=O)NCC(=O)OCC(=O)c2ccc3c(c2)CCCC3)s1. The molecular formula is C20H21NO4S. The topological polar surface area (TPSA) is 72.5 Å². The number of carbonyl (C=O) groups is 3. The van der Waals surface area contributed by atoms with Gasteiger partial charge in [0, 0.05) is 10.4 Å². The summed E-state index contributed by atoms with van der Waals surface area (Å²) in [4.78, 5) is 37.4. The van der Waals surface area contributed by atoms with Crippen molar-refractivity contribution in [1.29, 1.82) is 0 Å². The summed E-state index contributed by atoms with van der Waals surface area (Å²) in [5.74, 6) is -1.18. The molecular weight excluding hydrogens is 350 g/mol. The van der Waals surface area contributed by atoms with E-state index in [1.165, 1.54) is 28.9 Å². The number of hydrogen-bond donors (Lipinski definition) is 1. The zero-order valence-electron chi connectivity index (χ0n) is 14.7. The largest absolute Gasteiger partial charge is 0.456 e. The van der Waals surface area contributed by atoms with E-state index >= 15 is 0 Å². The van der Waals surface area contributed by atoms with Crippen molar-refractivity contribution in [2.24, 2.45) is 0 Å². The van der Waals surface area contributed by atoms with Gasteiger partial charge in [-0.15, -0.1) is 11.3 Å². The number of hydrogen-bond acceptors (Lipinski definition) is 5. The average Bonchev–Trinajstić information content (AvgIpc) is 3.10. The van der Waals surface area contributed by atoms with E-state index in [1.54, 1.807) is 12.1 Å². The Hall–Kier alpha value is -2.47. The lowest BCUT2D eigenvalue weighted by Crippen LogP contribution is -2.31. The van der Waals surface area contributed by atoms with Gasteiger partial charge < -0.3 is 10.1 Å². The molecule has 1 heterocycles. The van der Waals surface area contributed by atoms with Crippen LogP contribution in [0.1, 0.15) is 48.9 Å². The van der Waals surface area contributed by atoms with Crippen molar-refractivity contribution >= 4 is 29.0 Å². The number of ketones is 1. The quantitative estimate of drug-likeness (QED) is 0.626. The van der Waals surface area contributed by atoms with Gasteiger partial charge in [0.2, 0.25) is 0 Å². The Balaban J connectivity index is 1.46. The molecule has 6 heteroatoms. The molecule has 0 atom stereocenters. The normalized spacial score (nSPS) is 13.0. The Kier molecular flexibility index (Phi) is 5.83. The molecule has 0 fully saturated rings. The molecule has 1 aliphatic rings. The molecule has 5 nitrogen and oxygen atoms in total. The highest BCUT2D eigenvalue weighted by molar-refractivity contribution is 7.13. The summed E-state index contributed by atoms with van der Waals surface area (Å²) in [6, 6.07) is 9.25. The number of carbonyl (C=O) groups excluding carboxylic acids is 3. The highest BCUT2D eigenvalue weighted by Crippen LogP contribution is 2.22. The fourth-order valence-electron chi connectivity index (χ4n) is 2.98. The van der Waals surface area contributed by atoms with E-state index in [2.05, 4.69) is 5.32 Å². The zero-order chi connectivity index (χ0) is 18.5. The molecule has 0 saturated carbocycles. The number of aryl methyl sites for hydroxylation is 3. The third kappa shape index (κ3) is 4.58. The van der Waals surface area contributed by atoms with Crippen LogP contribution in [0.5, 0.6) is 0 Å². The van der Waals surface area contributed by atoms with Gasteiger partial charge in [-0.3, -0.25) is 14.4 Å². The molecule has 136 valence electrons. The first-order chi connectivity index (χ1) is 12.5. The minimum Gasteiger partial charge on any atom is -0.456 e. The van der Waals surface area contributed by atoms with E-state index in [1.807, 2.05) is 25.1 Å². The minimum atomic E-state index is -0.627. The standard InChI is InChI=1S/C20H21NO4S/c1-13-6-9-18(26-13)20(24)21-11-19(23)25-12-17(22)16-8-7-14-4-2-3-5-15(14)10-16/h6-10H,2-5,11-12H2,1H3,(H,21,24). The Morgan fingerprint density at radius 1 is 1.08 bits per heavy atom. The molecule has 1 N–H and O–H groups in total. The Morgan fingerprint density at radius 3 is 2.58 bits per heavy atom. The molecule has 0 unspecified atom stereocenters. The van der Waals surface area contributed by atoms with Crippen molar-refractivity contribution in [3.8, 4) is 0 Å². The van der Waals surface area contributed by atoms with E-state index < -0.39 is 5.97 Å². The van der Waals surface area contributed by atoms with E-state index in [9.17, 15) is 14.4 Å². The number of ether oxygens (including phenoxy) is 1. The van der Waals surface area contributed by atoms with Gasteiger partial charge in [0.15, 0.2) is 12.4 Å². The van der Waals surface area contributed by atoms with E-state index in [-0.39, 0.29) is 24.8 Å². The number of rotatable bonds is 6. The van der Waals surface area contributed by atoms with Crippen molar-refractivity contribution in [2.45, 2.75) is 32.6 Å². The molecule has 1 aliphatic carbocycles. The lowest BCUT2D eigenvalue weighted by Gasteiger charge is -2.16. The number of amides is 1. The second-order valence-electron chi connectivity index (χ2n) is 6.37. The van der Waals surface area contributed by atoms with Crippen molar-refractivity contribution in [3.63, 3.8) is 0 Å². The molecule has 26 heavy (non-hydrogen) atoms. The second kappa shape index (κ2) is 8.27. The first-order valence-electron chi connectivity index (χ1n) is 8.68.